The molecule has 0 amide bonds. The minimum absolute atomic E-state index is 0. The van der Waals surface area contributed by atoms with Crippen LogP contribution in [0.4, 0.5) is 0 Å². The molecule has 8 nitrogen and oxygen atoms in total. The maximum Gasteiger partial charge on any atom is 1.00 e. The Morgan fingerprint density at radius 3 is 1.18 bits per heavy atom. The first-order valence-electron chi connectivity index (χ1n) is 1.25. The van der Waals surface area contributed by atoms with E-state index in [1.54, 1.807) is 0 Å². The molecule has 0 rings (SSSR count). The minimum atomic E-state index is -4.67. The predicted octanol–water partition coefficient (Wildman–Crippen LogP) is -3.89. The minimum Gasteiger partial charge on any atom is -0.356 e. The Morgan fingerprint density at radius 2 is 1.18 bits per heavy atom. The molecular formula is H2FeKNO7S. The summed E-state index contributed by atoms with van der Waals surface area (Å²) in [5.41, 5.74) is 0. The van der Waals surface area contributed by atoms with E-state index in [1.807, 2.05) is 0 Å². The molecule has 0 fully saturated rings. The van der Waals surface area contributed by atoms with E-state index in [1.165, 1.54) is 0 Å². The van der Waals surface area contributed by atoms with Crippen LogP contribution in [0.5, 0.6) is 0 Å². The topological polar surface area (TPSA) is 141 Å². The second kappa shape index (κ2) is 11.2. The van der Waals surface area contributed by atoms with Gasteiger partial charge in [0.2, 0.25) is 0 Å². The zero-order valence-corrected chi connectivity index (χ0v) is 10.2. The summed E-state index contributed by atoms with van der Waals surface area (Å²) in [5.74, 6) is 0. The molecular weight excluding hydrogens is 253 g/mol. The van der Waals surface area contributed by atoms with E-state index < -0.39 is 15.5 Å². The second-order valence-electron chi connectivity index (χ2n) is 0.671. The van der Waals surface area contributed by atoms with Crippen molar-refractivity contribution < 1.29 is 91.1 Å². The molecule has 0 aliphatic carbocycles. The van der Waals surface area contributed by atoms with Gasteiger partial charge < -0.3 is 15.3 Å². The summed E-state index contributed by atoms with van der Waals surface area (Å²) < 4.78 is 31.6. The summed E-state index contributed by atoms with van der Waals surface area (Å²) in [7, 11) is -4.67. The van der Waals surface area contributed by atoms with E-state index in [9.17, 15) is 0 Å². The van der Waals surface area contributed by atoms with Crippen molar-refractivity contribution in [3.05, 3.63) is 15.3 Å². The average molecular weight is 255 g/mol. The molecule has 0 heterocycles. The largest absolute Gasteiger partial charge is 1.00 e. The Labute approximate surface area is 115 Å². The standard InChI is InChI=1S/Fe.K.NO3.H2O4S/c;;2-1(3)4;1-5(2,3)4/h;;;(H2,1,2,3,4)/q;+1;-1;. The zero-order valence-electron chi connectivity index (χ0n) is 5.14. The molecule has 0 aliphatic rings. The van der Waals surface area contributed by atoms with Gasteiger partial charge in [0, 0.05) is 17.1 Å². The molecule has 0 unspecified atom stereocenters. The Hall–Kier alpha value is 1.23. The van der Waals surface area contributed by atoms with Crippen molar-refractivity contribution in [2.75, 3.05) is 0 Å². The number of nitrogens with zero attached hydrogens (tertiary/aromatic N) is 1. The predicted molar refractivity (Wildman–Crippen MR) is 24.5 cm³/mol. The third-order valence-electron chi connectivity index (χ3n) is 0. The van der Waals surface area contributed by atoms with E-state index >= 15 is 0 Å². The number of hydrogen-bond donors (Lipinski definition) is 2. The van der Waals surface area contributed by atoms with Gasteiger partial charge in [-0.2, -0.15) is 8.42 Å². The molecule has 11 heavy (non-hydrogen) atoms. The van der Waals surface area contributed by atoms with E-state index in [4.69, 9.17) is 32.8 Å². The molecule has 2 N–H and O–H groups in total. The zero-order chi connectivity index (χ0) is 8.08. The van der Waals surface area contributed by atoms with Gasteiger partial charge >= 0.3 is 61.8 Å². The van der Waals surface area contributed by atoms with Gasteiger partial charge in [0.25, 0.3) is 0 Å². The molecule has 0 aromatic rings. The molecule has 0 aromatic heterocycles. The molecule has 0 aliphatic heterocycles. The van der Waals surface area contributed by atoms with Crippen molar-refractivity contribution in [1.82, 2.24) is 0 Å². The molecule has 64 valence electrons. The third-order valence-corrected chi connectivity index (χ3v) is 0. The van der Waals surface area contributed by atoms with Crippen molar-refractivity contribution in [1.29, 1.82) is 0 Å². The van der Waals surface area contributed by atoms with Crippen molar-refractivity contribution in [3.8, 4) is 0 Å². The fourth-order valence-corrected chi connectivity index (χ4v) is 0. The van der Waals surface area contributed by atoms with Crippen LogP contribution in [-0.2, 0) is 27.5 Å². The first-order valence-corrected chi connectivity index (χ1v) is 2.64. The summed E-state index contributed by atoms with van der Waals surface area (Å²) in [6, 6.07) is 0. The van der Waals surface area contributed by atoms with Crippen LogP contribution in [0.3, 0.4) is 0 Å². The summed E-state index contributed by atoms with van der Waals surface area (Å²) in [6.07, 6.45) is 0. The Bertz CT molecular complexity index is 161. The van der Waals surface area contributed by atoms with E-state index in [0.717, 1.165) is 0 Å². The quantitative estimate of drug-likeness (QED) is 0.195. The van der Waals surface area contributed by atoms with Crippen LogP contribution in [0.15, 0.2) is 0 Å². The summed E-state index contributed by atoms with van der Waals surface area (Å²) >= 11 is 0. The third kappa shape index (κ3) is 636. The van der Waals surface area contributed by atoms with Gasteiger partial charge in [-0.3, -0.25) is 9.11 Å². The van der Waals surface area contributed by atoms with E-state index in [0.29, 0.717) is 0 Å². The van der Waals surface area contributed by atoms with Crippen LogP contribution < -0.4 is 51.4 Å². The van der Waals surface area contributed by atoms with Crippen molar-refractivity contribution in [2.24, 2.45) is 0 Å². The summed E-state index contributed by atoms with van der Waals surface area (Å²) in [4.78, 5) is 8.25. The van der Waals surface area contributed by atoms with Gasteiger partial charge in [-0.15, -0.1) is 0 Å². The van der Waals surface area contributed by atoms with Crippen molar-refractivity contribution in [3.63, 3.8) is 0 Å². The molecule has 0 saturated carbocycles. The Morgan fingerprint density at radius 1 is 1.18 bits per heavy atom. The van der Waals surface area contributed by atoms with Crippen LogP contribution >= 0.6 is 0 Å². The molecule has 0 atom stereocenters. The van der Waals surface area contributed by atoms with Crippen molar-refractivity contribution >= 4 is 10.4 Å². The van der Waals surface area contributed by atoms with Crippen molar-refractivity contribution in [2.45, 2.75) is 0 Å². The smallest absolute Gasteiger partial charge is 0.356 e. The van der Waals surface area contributed by atoms with Crippen LogP contribution in [-0.4, -0.2) is 22.6 Å². The van der Waals surface area contributed by atoms with Crippen LogP contribution in [0.2, 0.25) is 0 Å². The summed E-state index contributed by atoms with van der Waals surface area (Å²) in [5, 5.41) is 14.8. The van der Waals surface area contributed by atoms with Gasteiger partial charge in [-0.1, -0.05) is 0 Å². The van der Waals surface area contributed by atoms with Crippen LogP contribution in [0.1, 0.15) is 0 Å². The molecule has 0 aromatic carbocycles. The Kier molecular flexibility index (Phi) is 23.2. The SMILES string of the molecule is O=S(=O)(O)O.O=[N+]([O-])[O-].[Fe].[K+]. The van der Waals surface area contributed by atoms with Gasteiger partial charge in [0.15, 0.2) is 0 Å². The molecule has 11 heteroatoms. The van der Waals surface area contributed by atoms with Gasteiger partial charge in [0.05, 0.1) is 5.09 Å². The second-order valence-corrected chi connectivity index (χ2v) is 1.57. The number of rotatable bonds is 0. The fourth-order valence-electron chi connectivity index (χ4n) is 0. The summed E-state index contributed by atoms with van der Waals surface area (Å²) in [6.45, 7) is 0. The van der Waals surface area contributed by atoms with Crippen LogP contribution in [0.25, 0.3) is 0 Å². The van der Waals surface area contributed by atoms with Gasteiger partial charge in [-0.25, -0.2) is 0 Å². The maximum atomic E-state index is 8.74. The first-order chi connectivity index (χ1) is 3.73. The molecule has 0 radical (unpaired) electrons. The van der Waals surface area contributed by atoms with E-state index in [-0.39, 0.29) is 68.5 Å². The molecule has 0 saturated heterocycles. The van der Waals surface area contributed by atoms with Crippen LogP contribution in [0, 0.1) is 15.3 Å². The monoisotopic (exact) mass is 255 g/mol. The van der Waals surface area contributed by atoms with Gasteiger partial charge in [-0.05, 0) is 0 Å². The average Bonchev–Trinajstić information content (AvgIpc) is 1.19. The molecule has 0 bridgehead atoms. The maximum absolute atomic E-state index is 8.74. The van der Waals surface area contributed by atoms with Gasteiger partial charge in [0.1, 0.15) is 0 Å². The first kappa shape index (κ1) is 22.8. The normalized spacial score (nSPS) is 7.45. The fraction of sp³-hybridized carbons (Fsp3) is 0. The van der Waals surface area contributed by atoms with E-state index in [2.05, 4.69) is 0 Å². The molecule has 0 spiro atoms. The number of hydrogen-bond acceptors (Lipinski definition) is 5. The Balaban J connectivity index is -0.0000000383.